The third-order valence-corrected chi connectivity index (χ3v) is 8.08. The zero-order valence-corrected chi connectivity index (χ0v) is 24.8. The first-order valence-electron chi connectivity index (χ1n) is 14.1. The van der Waals surface area contributed by atoms with Crippen LogP contribution in [0.4, 0.5) is 11.4 Å². The summed E-state index contributed by atoms with van der Waals surface area (Å²) in [5.74, 6) is -0.857. The fourth-order valence-electron chi connectivity index (χ4n) is 5.74. The van der Waals surface area contributed by atoms with Crippen LogP contribution in [0.5, 0.6) is 5.75 Å². The van der Waals surface area contributed by atoms with Gasteiger partial charge in [-0.1, -0.05) is 50.6 Å². The molecular weight excluding hydrogens is 514 g/mol. The molecule has 1 atom stereocenters. The van der Waals surface area contributed by atoms with Crippen molar-refractivity contribution in [1.29, 1.82) is 0 Å². The van der Waals surface area contributed by atoms with Crippen LogP contribution in [0.3, 0.4) is 0 Å². The van der Waals surface area contributed by atoms with E-state index < -0.39 is 17.7 Å². The molecule has 2 aliphatic rings. The van der Waals surface area contributed by atoms with Gasteiger partial charge in [0.2, 0.25) is 0 Å². The van der Waals surface area contributed by atoms with Gasteiger partial charge in [0, 0.05) is 48.7 Å². The second-order valence-electron chi connectivity index (χ2n) is 12.1. The van der Waals surface area contributed by atoms with Crippen molar-refractivity contribution in [2.45, 2.75) is 39.2 Å². The van der Waals surface area contributed by atoms with Crippen LogP contribution in [0.15, 0.2) is 72.3 Å². The molecule has 0 radical (unpaired) electrons. The van der Waals surface area contributed by atoms with E-state index in [4.69, 9.17) is 4.74 Å². The standard InChI is InChI=1S/C34H39N3O4/c1-22-8-7-9-23(20-22)30-29(31(38)24-10-15-28(41-6)27(21-24)34(2,3)4)32(39)33(40)37(30)26-13-11-25(12-14-26)36-18-16-35(5)17-19-36/h7-15,20-21,30,38H,16-19H2,1-6H3/b31-29-. The highest BCUT2D eigenvalue weighted by molar-refractivity contribution is 6.51. The molecule has 5 rings (SSSR count). The van der Waals surface area contributed by atoms with Crippen molar-refractivity contribution in [3.05, 3.63) is 94.6 Å². The molecule has 7 heteroatoms. The quantitative estimate of drug-likeness (QED) is 0.249. The number of aliphatic hydroxyl groups excluding tert-OH is 1. The Labute approximate surface area is 242 Å². The minimum atomic E-state index is -0.774. The second-order valence-corrected chi connectivity index (χ2v) is 12.1. The summed E-state index contributed by atoms with van der Waals surface area (Å²) in [5.41, 5.74) is 4.63. The predicted molar refractivity (Wildman–Crippen MR) is 164 cm³/mol. The summed E-state index contributed by atoms with van der Waals surface area (Å²) >= 11 is 0. The summed E-state index contributed by atoms with van der Waals surface area (Å²) in [6.45, 7) is 12.0. The number of anilines is 2. The number of methoxy groups -OCH3 is 1. The van der Waals surface area contributed by atoms with Gasteiger partial charge in [-0.2, -0.15) is 0 Å². The summed E-state index contributed by atoms with van der Waals surface area (Å²) in [6, 6.07) is 20.1. The number of ketones is 1. The van der Waals surface area contributed by atoms with Crippen molar-refractivity contribution in [2.75, 3.05) is 50.1 Å². The van der Waals surface area contributed by atoms with E-state index in [0.29, 0.717) is 17.0 Å². The number of aliphatic hydroxyl groups is 1. The van der Waals surface area contributed by atoms with Crippen LogP contribution >= 0.6 is 0 Å². The number of hydrogen-bond donors (Lipinski definition) is 1. The van der Waals surface area contributed by atoms with E-state index in [-0.39, 0.29) is 16.7 Å². The molecule has 1 amide bonds. The van der Waals surface area contributed by atoms with Gasteiger partial charge in [0.1, 0.15) is 11.5 Å². The van der Waals surface area contributed by atoms with E-state index in [1.807, 2.05) is 61.5 Å². The van der Waals surface area contributed by atoms with Gasteiger partial charge in [0.05, 0.1) is 18.7 Å². The topological polar surface area (TPSA) is 73.3 Å². The molecule has 1 unspecified atom stereocenters. The number of amides is 1. The Balaban J connectivity index is 1.61. The Hall–Kier alpha value is -4.10. The Bertz CT molecular complexity index is 1500. The number of carbonyl (C=O) groups excluding carboxylic acids is 2. The summed E-state index contributed by atoms with van der Waals surface area (Å²) in [6.07, 6.45) is 0. The van der Waals surface area contributed by atoms with E-state index in [1.54, 1.807) is 19.2 Å². The van der Waals surface area contributed by atoms with Crippen LogP contribution in [-0.2, 0) is 15.0 Å². The largest absolute Gasteiger partial charge is 0.507 e. The van der Waals surface area contributed by atoms with Crippen LogP contribution in [0.1, 0.15) is 49.1 Å². The summed E-state index contributed by atoms with van der Waals surface area (Å²) in [4.78, 5) is 33.5. The van der Waals surface area contributed by atoms with Crippen molar-refractivity contribution in [3.63, 3.8) is 0 Å². The third-order valence-electron chi connectivity index (χ3n) is 8.08. The van der Waals surface area contributed by atoms with Crippen molar-refractivity contribution < 1.29 is 19.4 Å². The van der Waals surface area contributed by atoms with Crippen molar-refractivity contribution >= 4 is 28.8 Å². The molecule has 2 aliphatic heterocycles. The number of likely N-dealkylation sites (N-methyl/N-ethyl adjacent to an activating group) is 1. The predicted octanol–water partition coefficient (Wildman–Crippen LogP) is 5.68. The lowest BCUT2D eigenvalue weighted by Crippen LogP contribution is -2.44. The molecule has 0 spiro atoms. The third kappa shape index (κ3) is 5.46. The number of rotatable bonds is 5. The Morgan fingerprint density at radius 2 is 1.56 bits per heavy atom. The van der Waals surface area contributed by atoms with Gasteiger partial charge >= 0.3 is 0 Å². The van der Waals surface area contributed by atoms with Gasteiger partial charge in [0.25, 0.3) is 11.7 Å². The first kappa shape index (κ1) is 28.4. The lowest BCUT2D eigenvalue weighted by molar-refractivity contribution is -0.132. The van der Waals surface area contributed by atoms with Gasteiger partial charge in [-0.25, -0.2) is 0 Å². The number of ether oxygens (including phenoxy) is 1. The fraction of sp³-hybridized carbons (Fsp3) is 0.353. The fourth-order valence-corrected chi connectivity index (χ4v) is 5.74. The molecule has 0 bridgehead atoms. The lowest BCUT2D eigenvalue weighted by atomic mass is 9.84. The van der Waals surface area contributed by atoms with E-state index in [1.165, 1.54) is 4.90 Å². The minimum absolute atomic E-state index is 0.0776. The van der Waals surface area contributed by atoms with Crippen LogP contribution < -0.4 is 14.5 Å². The smallest absolute Gasteiger partial charge is 0.300 e. The van der Waals surface area contributed by atoms with E-state index in [2.05, 4.69) is 37.6 Å². The van der Waals surface area contributed by atoms with E-state index in [9.17, 15) is 14.7 Å². The van der Waals surface area contributed by atoms with Crippen molar-refractivity contribution in [1.82, 2.24) is 4.90 Å². The number of nitrogens with zero attached hydrogens (tertiary/aromatic N) is 3. The van der Waals surface area contributed by atoms with Crippen LogP contribution in [0.2, 0.25) is 0 Å². The number of benzene rings is 3. The lowest BCUT2D eigenvalue weighted by Gasteiger charge is -2.34. The van der Waals surface area contributed by atoms with Gasteiger partial charge < -0.3 is 19.6 Å². The molecule has 3 aromatic rings. The van der Waals surface area contributed by atoms with Crippen molar-refractivity contribution in [3.8, 4) is 5.75 Å². The number of aryl methyl sites for hydroxylation is 1. The average molecular weight is 554 g/mol. The molecule has 0 aromatic heterocycles. The minimum Gasteiger partial charge on any atom is -0.507 e. The molecule has 3 aromatic carbocycles. The van der Waals surface area contributed by atoms with Gasteiger partial charge in [0.15, 0.2) is 0 Å². The monoisotopic (exact) mass is 553 g/mol. The summed E-state index contributed by atoms with van der Waals surface area (Å²) in [7, 11) is 3.74. The zero-order valence-electron chi connectivity index (χ0n) is 24.8. The van der Waals surface area contributed by atoms with Gasteiger partial charge in [-0.3, -0.25) is 14.5 Å². The molecule has 1 N–H and O–H groups in total. The molecule has 214 valence electrons. The van der Waals surface area contributed by atoms with E-state index >= 15 is 0 Å². The normalized spacial score (nSPS) is 19.6. The summed E-state index contributed by atoms with van der Waals surface area (Å²) in [5, 5.41) is 11.7. The van der Waals surface area contributed by atoms with Crippen LogP contribution in [0, 0.1) is 6.92 Å². The molecule has 0 aliphatic carbocycles. The van der Waals surface area contributed by atoms with Gasteiger partial charge in [-0.15, -0.1) is 0 Å². The maximum Gasteiger partial charge on any atom is 0.300 e. The zero-order chi connectivity index (χ0) is 29.5. The molecule has 0 saturated carbocycles. The number of piperazine rings is 1. The highest BCUT2D eigenvalue weighted by Gasteiger charge is 2.47. The number of Topliss-reactive ketones (excluding diaryl/α,β-unsaturated/α-hetero) is 1. The molecule has 7 nitrogen and oxygen atoms in total. The molecule has 41 heavy (non-hydrogen) atoms. The SMILES string of the molecule is COc1ccc(/C(O)=C2/C(=O)C(=O)N(c3ccc(N4CCN(C)CC4)cc3)C2c2cccc(C)c2)cc1C(C)(C)C. The molecule has 2 fully saturated rings. The molecular formula is C34H39N3O4. The second kappa shape index (κ2) is 11.1. The van der Waals surface area contributed by atoms with Crippen molar-refractivity contribution in [2.24, 2.45) is 0 Å². The molecule has 2 saturated heterocycles. The highest BCUT2D eigenvalue weighted by Crippen LogP contribution is 2.43. The maximum absolute atomic E-state index is 13.7. The Morgan fingerprint density at radius 1 is 0.902 bits per heavy atom. The molecule has 2 heterocycles. The highest BCUT2D eigenvalue weighted by atomic mass is 16.5. The number of hydrogen-bond acceptors (Lipinski definition) is 6. The summed E-state index contributed by atoms with van der Waals surface area (Å²) < 4.78 is 5.57. The average Bonchev–Trinajstić information content (AvgIpc) is 3.22. The van der Waals surface area contributed by atoms with E-state index in [0.717, 1.165) is 48.6 Å². The maximum atomic E-state index is 13.7. The Morgan fingerprint density at radius 3 is 2.17 bits per heavy atom. The number of carbonyl (C=O) groups is 2. The van der Waals surface area contributed by atoms with Crippen LogP contribution in [0.25, 0.3) is 5.76 Å². The first-order valence-corrected chi connectivity index (χ1v) is 14.1. The van der Waals surface area contributed by atoms with Crippen LogP contribution in [-0.4, -0.2) is 62.0 Å². The Kier molecular flexibility index (Phi) is 7.66. The first-order chi connectivity index (χ1) is 19.5. The van der Waals surface area contributed by atoms with Gasteiger partial charge in [-0.05, 0) is 67.4 Å².